The fourth-order valence-electron chi connectivity index (χ4n) is 3.06. The maximum atomic E-state index is 5.95. The SMILES string of the molecule is Cc1oc(CN2CCC(C(C)(C)C)C2)cc1CNC(C)C. The fraction of sp³-hybridized carbons (Fsp3) is 0.778. The van der Waals surface area contributed by atoms with Gasteiger partial charge >= 0.3 is 0 Å². The van der Waals surface area contributed by atoms with Crippen LogP contribution in [0, 0.1) is 18.3 Å². The topological polar surface area (TPSA) is 28.4 Å². The molecule has 3 heteroatoms. The summed E-state index contributed by atoms with van der Waals surface area (Å²) in [7, 11) is 0. The molecule has 1 aliphatic rings. The van der Waals surface area contributed by atoms with Crippen LogP contribution in [0.2, 0.25) is 0 Å². The van der Waals surface area contributed by atoms with E-state index in [0.717, 1.165) is 30.5 Å². The smallest absolute Gasteiger partial charge is 0.118 e. The lowest BCUT2D eigenvalue weighted by molar-refractivity contribution is 0.219. The molecule has 1 saturated heterocycles. The van der Waals surface area contributed by atoms with Crippen molar-refractivity contribution >= 4 is 0 Å². The first-order valence-electron chi connectivity index (χ1n) is 8.29. The number of furan rings is 1. The summed E-state index contributed by atoms with van der Waals surface area (Å²) in [5.74, 6) is 2.97. The number of likely N-dealkylation sites (tertiary alicyclic amines) is 1. The van der Waals surface area contributed by atoms with E-state index < -0.39 is 0 Å². The number of hydrogen-bond donors (Lipinski definition) is 1. The van der Waals surface area contributed by atoms with Gasteiger partial charge in [0.05, 0.1) is 6.54 Å². The number of hydrogen-bond acceptors (Lipinski definition) is 3. The van der Waals surface area contributed by atoms with E-state index in [2.05, 4.69) is 57.8 Å². The first-order valence-corrected chi connectivity index (χ1v) is 8.29. The minimum atomic E-state index is 0.417. The van der Waals surface area contributed by atoms with Crippen LogP contribution in [0.4, 0.5) is 0 Å². The highest BCUT2D eigenvalue weighted by Gasteiger charge is 2.31. The molecule has 2 heterocycles. The summed E-state index contributed by atoms with van der Waals surface area (Å²) in [6, 6.07) is 2.74. The number of nitrogens with zero attached hydrogens (tertiary/aromatic N) is 1. The van der Waals surface area contributed by atoms with E-state index in [1.807, 2.05) is 0 Å². The van der Waals surface area contributed by atoms with Crippen molar-refractivity contribution in [3.05, 3.63) is 23.2 Å². The van der Waals surface area contributed by atoms with E-state index in [-0.39, 0.29) is 0 Å². The molecule has 3 nitrogen and oxygen atoms in total. The quantitative estimate of drug-likeness (QED) is 0.890. The second-order valence-corrected chi connectivity index (χ2v) is 7.92. The molecule has 1 unspecified atom stereocenters. The van der Waals surface area contributed by atoms with E-state index in [1.165, 1.54) is 25.1 Å². The molecule has 1 aromatic heterocycles. The Morgan fingerprint density at radius 3 is 2.67 bits per heavy atom. The lowest BCUT2D eigenvalue weighted by atomic mass is 9.80. The summed E-state index contributed by atoms with van der Waals surface area (Å²) in [6.07, 6.45) is 1.31. The van der Waals surface area contributed by atoms with Crippen molar-refractivity contribution in [2.75, 3.05) is 13.1 Å². The average Bonchev–Trinajstić information content (AvgIpc) is 2.94. The molecule has 0 saturated carbocycles. The zero-order chi connectivity index (χ0) is 15.6. The maximum absolute atomic E-state index is 5.95. The molecule has 21 heavy (non-hydrogen) atoms. The molecule has 1 aromatic rings. The molecular formula is C18H32N2O. The Morgan fingerprint density at radius 1 is 1.38 bits per heavy atom. The van der Waals surface area contributed by atoms with Gasteiger partial charge in [-0.05, 0) is 37.3 Å². The summed E-state index contributed by atoms with van der Waals surface area (Å²) >= 11 is 0. The van der Waals surface area contributed by atoms with Crippen molar-refractivity contribution in [1.82, 2.24) is 10.2 Å². The summed E-state index contributed by atoms with van der Waals surface area (Å²) in [5.41, 5.74) is 1.71. The Hall–Kier alpha value is -0.800. The van der Waals surface area contributed by atoms with Crippen LogP contribution in [-0.2, 0) is 13.1 Å². The van der Waals surface area contributed by atoms with E-state index >= 15 is 0 Å². The fourth-order valence-corrected chi connectivity index (χ4v) is 3.06. The lowest BCUT2D eigenvalue weighted by Crippen LogP contribution is -2.25. The first kappa shape index (κ1) is 16.6. The van der Waals surface area contributed by atoms with Gasteiger partial charge in [0.2, 0.25) is 0 Å². The Bertz CT molecular complexity index is 456. The zero-order valence-electron chi connectivity index (χ0n) is 14.6. The van der Waals surface area contributed by atoms with Crippen molar-refractivity contribution < 1.29 is 4.42 Å². The van der Waals surface area contributed by atoms with Gasteiger partial charge in [-0.15, -0.1) is 0 Å². The molecule has 1 fully saturated rings. The monoisotopic (exact) mass is 292 g/mol. The second kappa shape index (κ2) is 6.53. The van der Waals surface area contributed by atoms with E-state index in [0.29, 0.717) is 11.5 Å². The maximum Gasteiger partial charge on any atom is 0.118 e. The van der Waals surface area contributed by atoms with Gasteiger partial charge in [0.25, 0.3) is 0 Å². The molecule has 2 rings (SSSR count). The van der Waals surface area contributed by atoms with Crippen molar-refractivity contribution in [1.29, 1.82) is 0 Å². The summed E-state index contributed by atoms with van der Waals surface area (Å²) in [6.45, 7) is 17.7. The van der Waals surface area contributed by atoms with Crippen molar-refractivity contribution in [3.63, 3.8) is 0 Å². The minimum absolute atomic E-state index is 0.417. The molecule has 0 spiro atoms. The lowest BCUT2D eigenvalue weighted by Gasteiger charge is -2.26. The van der Waals surface area contributed by atoms with E-state index in [1.54, 1.807) is 0 Å². The van der Waals surface area contributed by atoms with Gasteiger partial charge in [0.15, 0.2) is 0 Å². The third-order valence-corrected chi connectivity index (χ3v) is 4.65. The van der Waals surface area contributed by atoms with Crippen LogP contribution in [0.1, 0.15) is 58.1 Å². The van der Waals surface area contributed by atoms with Gasteiger partial charge in [0, 0.05) is 24.7 Å². The third-order valence-electron chi connectivity index (χ3n) is 4.65. The minimum Gasteiger partial charge on any atom is -0.465 e. The largest absolute Gasteiger partial charge is 0.465 e. The van der Waals surface area contributed by atoms with Crippen LogP contribution in [0.15, 0.2) is 10.5 Å². The highest BCUT2D eigenvalue weighted by molar-refractivity contribution is 5.20. The summed E-state index contributed by atoms with van der Waals surface area (Å²) in [5, 5.41) is 3.46. The van der Waals surface area contributed by atoms with Crippen LogP contribution in [0.5, 0.6) is 0 Å². The second-order valence-electron chi connectivity index (χ2n) is 7.92. The molecule has 0 aliphatic carbocycles. The van der Waals surface area contributed by atoms with Crippen LogP contribution in [0.25, 0.3) is 0 Å². The van der Waals surface area contributed by atoms with Crippen molar-refractivity contribution in [2.24, 2.45) is 11.3 Å². The van der Waals surface area contributed by atoms with Gasteiger partial charge in [-0.25, -0.2) is 0 Å². The standard InChI is InChI=1S/C18H32N2O/c1-13(2)19-10-15-9-17(21-14(15)3)12-20-8-7-16(11-20)18(4,5)6/h9,13,16,19H,7-8,10-12H2,1-6H3. The number of nitrogens with one attached hydrogen (secondary N) is 1. The van der Waals surface area contributed by atoms with E-state index in [4.69, 9.17) is 4.42 Å². The highest BCUT2D eigenvalue weighted by Crippen LogP contribution is 2.34. The molecule has 1 atom stereocenters. The van der Waals surface area contributed by atoms with Crippen LogP contribution in [-0.4, -0.2) is 24.0 Å². The van der Waals surface area contributed by atoms with E-state index in [9.17, 15) is 0 Å². The summed E-state index contributed by atoms with van der Waals surface area (Å²) < 4.78 is 5.95. The molecule has 120 valence electrons. The predicted molar refractivity (Wildman–Crippen MR) is 88.3 cm³/mol. The molecule has 1 N–H and O–H groups in total. The molecule has 0 amide bonds. The highest BCUT2D eigenvalue weighted by atomic mass is 16.3. The van der Waals surface area contributed by atoms with Gasteiger partial charge < -0.3 is 9.73 Å². The zero-order valence-corrected chi connectivity index (χ0v) is 14.6. The molecule has 0 bridgehead atoms. The molecular weight excluding hydrogens is 260 g/mol. The molecule has 0 radical (unpaired) electrons. The Labute approximate surface area is 130 Å². The number of aryl methyl sites for hydroxylation is 1. The average molecular weight is 292 g/mol. The van der Waals surface area contributed by atoms with Crippen molar-refractivity contribution in [3.8, 4) is 0 Å². The third kappa shape index (κ3) is 4.58. The Morgan fingerprint density at radius 2 is 2.10 bits per heavy atom. The number of rotatable bonds is 5. The van der Waals surface area contributed by atoms with Gasteiger partial charge in [-0.1, -0.05) is 34.6 Å². The van der Waals surface area contributed by atoms with Gasteiger partial charge in [-0.2, -0.15) is 0 Å². The Balaban J connectivity index is 1.91. The summed E-state index contributed by atoms with van der Waals surface area (Å²) in [4.78, 5) is 2.54. The molecule has 0 aromatic carbocycles. The normalized spacial score (nSPS) is 20.6. The first-order chi connectivity index (χ1) is 9.75. The van der Waals surface area contributed by atoms with Crippen molar-refractivity contribution in [2.45, 2.75) is 67.1 Å². The van der Waals surface area contributed by atoms with Gasteiger partial charge in [0.1, 0.15) is 11.5 Å². The molecule has 1 aliphatic heterocycles. The van der Waals surface area contributed by atoms with Crippen LogP contribution >= 0.6 is 0 Å². The van der Waals surface area contributed by atoms with Crippen LogP contribution in [0.3, 0.4) is 0 Å². The van der Waals surface area contributed by atoms with Crippen LogP contribution < -0.4 is 5.32 Å². The van der Waals surface area contributed by atoms with Gasteiger partial charge in [-0.3, -0.25) is 4.90 Å². The Kier molecular flexibility index (Phi) is 5.15. The predicted octanol–water partition coefficient (Wildman–Crippen LogP) is 3.95.